The number of pyridine rings is 1. The summed E-state index contributed by atoms with van der Waals surface area (Å²) >= 11 is 0. The number of aromatic nitrogens is 2. The Morgan fingerprint density at radius 1 is 1.36 bits per heavy atom. The standard InChI is InChI=1S/C16H22N4O2/c1-2-14-18-15(13-5-3-4-7-20(13)14)16(21)17-6-8-19-9-11-22-12-10-19/h3-5,7H,2,6,8-12H2,1H3,(H,17,21). The Morgan fingerprint density at radius 2 is 2.18 bits per heavy atom. The van der Waals surface area contributed by atoms with Crippen LogP contribution in [0.3, 0.4) is 0 Å². The Morgan fingerprint density at radius 3 is 2.95 bits per heavy atom. The largest absolute Gasteiger partial charge is 0.379 e. The molecule has 22 heavy (non-hydrogen) atoms. The third kappa shape index (κ3) is 3.13. The summed E-state index contributed by atoms with van der Waals surface area (Å²) in [5.74, 6) is 0.811. The first-order chi connectivity index (χ1) is 10.8. The van der Waals surface area contributed by atoms with Crippen molar-refractivity contribution in [2.75, 3.05) is 39.4 Å². The smallest absolute Gasteiger partial charge is 0.272 e. The van der Waals surface area contributed by atoms with Gasteiger partial charge in [-0.1, -0.05) is 13.0 Å². The van der Waals surface area contributed by atoms with E-state index < -0.39 is 0 Å². The molecular formula is C16H22N4O2. The maximum Gasteiger partial charge on any atom is 0.272 e. The van der Waals surface area contributed by atoms with Crippen LogP contribution in [0.5, 0.6) is 0 Å². The number of ether oxygens (including phenoxy) is 1. The fourth-order valence-corrected chi connectivity index (χ4v) is 2.75. The molecule has 0 spiro atoms. The van der Waals surface area contributed by atoms with E-state index in [1.54, 1.807) is 0 Å². The van der Waals surface area contributed by atoms with Crippen LogP contribution in [0.4, 0.5) is 0 Å². The van der Waals surface area contributed by atoms with Crippen molar-refractivity contribution in [1.82, 2.24) is 19.6 Å². The SMILES string of the molecule is CCc1nc(C(=O)NCCN2CCOCC2)c2ccccn12. The molecule has 2 aromatic rings. The number of fused-ring (bicyclic) bond motifs is 1. The van der Waals surface area contributed by atoms with Crippen molar-refractivity contribution in [2.45, 2.75) is 13.3 Å². The third-order valence-electron chi connectivity index (χ3n) is 3.97. The summed E-state index contributed by atoms with van der Waals surface area (Å²) in [7, 11) is 0. The van der Waals surface area contributed by atoms with Gasteiger partial charge in [-0.25, -0.2) is 4.98 Å². The lowest BCUT2D eigenvalue weighted by Gasteiger charge is -2.26. The minimum Gasteiger partial charge on any atom is -0.379 e. The number of aryl methyl sites for hydroxylation is 1. The molecule has 2 aromatic heterocycles. The first kappa shape index (κ1) is 15.0. The first-order valence-electron chi connectivity index (χ1n) is 7.84. The number of amides is 1. The number of nitrogens with one attached hydrogen (secondary N) is 1. The average Bonchev–Trinajstić information content (AvgIpc) is 2.95. The van der Waals surface area contributed by atoms with E-state index in [4.69, 9.17) is 4.74 Å². The molecule has 6 nitrogen and oxygen atoms in total. The Hall–Kier alpha value is -1.92. The molecule has 1 saturated heterocycles. The molecule has 3 heterocycles. The lowest BCUT2D eigenvalue weighted by atomic mass is 10.3. The molecule has 0 aromatic carbocycles. The molecule has 0 unspecified atom stereocenters. The molecule has 0 saturated carbocycles. The molecule has 1 amide bonds. The fraction of sp³-hybridized carbons (Fsp3) is 0.500. The minimum atomic E-state index is -0.100. The topological polar surface area (TPSA) is 58.9 Å². The minimum absolute atomic E-state index is 0.100. The number of nitrogens with zero attached hydrogens (tertiary/aromatic N) is 3. The number of rotatable bonds is 5. The van der Waals surface area contributed by atoms with Crippen LogP contribution >= 0.6 is 0 Å². The molecule has 0 atom stereocenters. The number of imidazole rings is 1. The van der Waals surface area contributed by atoms with E-state index in [-0.39, 0.29) is 5.91 Å². The Labute approximate surface area is 130 Å². The number of carbonyl (C=O) groups excluding carboxylic acids is 1. The van der Waals surface area contributed by atoms with E-state index >= 15 is 0 Å². The van der Waals surface area contributed by atoms with Gasteiger partial charge < -0.3 is 14.5 Å². The Kier molecular flexibility index (Phi) is 4.70. The first-order valence-corrected chi connectivity index (χ1v) is 7.84. The van der Waals surface area contributed by atoms with Gasteiger partial charge in [0.1, 0.15) is 5.82 Å². The van der Waals surface area contributed by atoms with Gasteiger partial charge in [0.2, 0.25) is 0 Å². The van der Waals surface area contributed by atoms with Gasteiger partial charge in [0, 0.05) is 38.8 Å². The van der Waals surface area contributed by atoms with Crippen molar-refractivity contribution >= 4 is 11.4 Å². The quantitative estimate of drug-likeness (QED) is 0.894. The monoisotopic (exact) mass is 302 g/mol. The molecular weight excluding hydrogens is 280 g/mol. The van der Waals surface area contributed by atoms with Crippen molar-refractivity contribution in [3.8, 4) is 0 Å². The summed E-state index contributed by atoms with van der Waals surface area (Å²) in [5, 5.41) is 2.98. The Balaban J connectivity index is 1.64. The summed E-state index contributed by atoms with van der Waals surface area (Å²) < 4.78 is 7.30. The lowest BCUT2D eigenvalue weighted by molar-refractivity contribution is 0.0383. The van der Waals surface area contributed by atoms with E-state index in [2.05, 4.69) is 15.2 Å². The van der Waals surface area contributed by atoms with Gasteiger partial charge in [-0.3, -0.25) is 9.69 Å². The lowest BCUT2D eigenvalue weighted by Crippen LogP contribution is -2.41. The highest BCUT2D eigenvalue weighted by Gasteiger charge is 2.16. The van der Waals surface area contributed by atoms with Crippen molar-refractivity contribution in [3.63, 3.8) is 0 Å². The summed E-state index contributed by atoms with van der Waals surface area (Å²) in [6.45, 7) is 6.95. The molecule has 6 heteroatoms. The number of carbonyl (C=O) groups is 1. The normalized spacial score (nSPS) is 16.0. The van der Waals surface area contributed by atoms with Crippen molar-refractivity contribution in [1.29, 1.82) is 0 Å². The zero-order valence-electron chi connectivity index (χ0n) is 12.9. The molecule has 1 N–H and O–H groups in total. The van der Waals surface area contributed by atoms with Crippen LogP contribution in [-0.4, -0.2) is 59.6 Å². The molecule has 1 fully saturated rings. The summed E-state index contributed by atoms with van der Waals surface area (Å²) in [4.78, 5) is 19.2. The fourth-order valence-electron chi connectivity index (χ4n) is 2.75. The van der Waals surface area contributed by atoms with Gasteiger partial charge in [-0.2, -0.15) is 0 Å². The molecule has 118 valence electrons. The highest BCUT2D eigenvalue weighted by atomic mass is 16.5. The van der Waals surface area contributed by atoms with Crippen molar-refractivity contribution in [2.24, 2.45) is 0 Å². The summed E-state index contributed by atoms with van der Waals surface area (Å²) in [6.07, 6.45) is 2.75. The molecule has 3 rings (SSSR count). The number of hydrogen-bond donors (Lipinski definition) is 1. The van der Waals surface area contributed by atoms with Gasteiger partial charge in [0.15, 0.2) is 5.69 Å². The van der Waals surface area contributed by atoms with Crippen LogP contribution in [0.15, 0.2) is 24.4 Å². The summed E-state index contributed by atoms with van der Waals surface area (Å²) in [6, 6.07) is 5.82. The van der Waals surface area contributed by atoms with E-state index in [0.717, 1.165) is 50.6 Å². The van der Waals surface area contributed by atoms with Crippen LogP contribution in [0.25, 0.3) is 5.52 Å². The maximum absolute atomic E-state index is 12.4. The Bertz CT molecular complexity index is 647. The van der Waals surface area contributed by atoms with Gasteiger partial charge in [-0.05, 0) is 12.1 Å². The van der Waals surface area contributed by atoms with Crippen molar-refractivity contribution in [3.05, 3.63) is 35.9 Å². The molecule has 1 aliphatic rings. The van der Waals surface area contributed by atoms with Crippen LogP contribution < -0.4 is 5.32 Å². The van der Waals surface area contributed by atoms with Crippen LogP contribution in [-0.2, 0) is 11.2 Å². The zero-order chi connectivity index (χ0) is 15.4. The molecule has 0 radical (unpaired) electrons. The van der Waals surface area contributed by atoms with Gasteiger partial charge in [0.25, 0.3) is 5.91 Å². The van der Waals surface area contributed by atoms with Gasteiger partial charge >= 0.3 is 0 Å². The van der Waals surface area contributed by atoms with Crippen LogP contribution in [0.1, 0.15) is 23.2 Å². The second-order valence-corrected chi connectivity index (χ2v) is 5.40. The number of hydrogen-bond acceptors (Lipinski definition) is 4. The number of morpholine rings is 1. The predicted molar refractivity (Wildman–Crippen MR) is 84.2 cm³/mol. The zero-order valence-corrected chi connectivity index (χ0v) is 12.9. The van der Waals surface area contributed by atoms with E-state index in [1.807, 2.05) is 35.7 Å². The average molecular weight is 302 g/mol. The maximum atomic E-state index is 12.4. The second-order valence-electron chi connectivity index (χ2n) is 5.40. The summed E-state index contributed by atoms with van der Waals surface area (Å²) in [5.41, 5.74) is 1.38. The van der Waals surface area contributed by atoms with E-state index in [0.29, 0.717) is 12.2 Å². The molecule has 0 aliphatic carbocycles. The van der Waals surface area contributed by atoms with Crippen LogP contribution in [0.2, 0.25) is 0 Å². The molecule has 0 bridgehead atoms. The van der Waals surface area contributed by atoms with Gasteiger partial charge in [-0.15, -0.1) is 0 Å². The highest BCUT2D eigenvalue weighted by Crippen LogP contribution is 2.13. The van der Waals surface area contributed by atoms with Crippen LogP contribution in [0, 0.1) is 0 Å². The predicted octanol–water partition coefficient (Wildman–Crippen LogP) is 0.959. The van der Waals surface area contributed by atoms with E-state index in [1.165, 1.54) is 0 Å². The third-order valence-corrected chi connectivity index (χ3v) is 3.97. The second kappa shape index (κ2) is 6.89. The molecule has 1 aliphatic heterocycles. The highest BCUT2D eigenvalue weighted by molar-refractivity contribution is 5.99. The van der Waals surface area contributed by atoms with Crippen molar-refractivity contribution < 1.29 is 9.53 Å². The van der Waals surface area contributed by atoms with E-state index in [9.17, 15) is 4.79 Å². The van der Waals surface area contributed by atoms with Gasteiger partial charge in [0.05, 0.1) is 18.7 Å².